The molecule has 0 bridgehead atoms. The lowest BCUT2D eigenvalue weighted by Gasteiger charge is -2.11. The van der Waals surface area contributed by atoms with Gasteiger partial charge in [-0.3, -0.25) is 9.55 Å². The fourth-order valence-corrected chi connectivity index (χ4v) is 2.85. The van der Waals surface area contributed by atoms with Gasteiger partial charge in [-0.1, -0.05) is 0 Å². The molecule has 6 heteroatoms. The molecule has 0 unspecified atom stereocenters. The number of ether oxygens (including phenoxy) is 2. The van der Waals surface area contributed by atoms with Crippen LogP contribution in [0.1, 0.15) is 0 Å². The number of fused-ring (bicyclic) bond motifs is 3. The fourth-order valence-electron chi connectivity index (χ4n) is 2.85. The van der Waals surface area contributed by atoms with Crippen LogP contribution in [0, 0.1) is 0 Å². The molecule has 2 heterocycles. The lowest BCUT2D eigenvalue weighted by Crippen LogP contribution is -1.96. The van der Waals surface area contributed by atoms with Crippen molar-refractivity contribution >= 4 is 27.6 Å². The largest absolute Gasteiger partial charge is 0.493 e. The van der Waals surface area contributed by atoms with Crippen LogP contribution in [-0.4, -0.2) is 28.8 Å². The highest BCUT2D eigenvalue weighted by molar-refractivity contribution is 6.04. The van der Waals surface area contributed by atoms with Gasteiger partial charge in [-0.05, 0) is 30.3 Å². The Kier molecular flexibility index (Phi) is 3.23. The number of anilines is 1. The number of rotatable bonds is 3. The summed E-state index contributed by atoms with van der Waals surface area (Å²) < 4.78 is 12.8. The monoisotopic (exact) mass is 320 g/mol. The molecule has 0 spiro atoms. The standard InChI is InChI=1S/C18H16N4O2/c1-23-16-7-13-14(8-17(16)24-2)20-9-15-18(13)22(10-21-15)12-5-3-11(19)4-6-12/h3-10H,19H2,1-2H3. The molecule has 0 aliphatic carbocycles. The van der Waals surface area contributed by atoms with Crippen molar-refractivity contribution in [3.05, 3.63) is 48.9 Å². The number of nitrogens with zero attached hydrogens (tertiary/aromatic N) is 3. The summed E-state index contributed by atoms with van der Waals surface area (Å²) in [6.07, 6.45) is 3.55. The molecule has 120 valence electrons. The Bertz CT molecular complexity index is 1040. The van der Waals surface area contributed by atoms with Crippen LogP contribution in [0.2, 0.25) is 0 Å². The van der Waals surface area contributed by atoms with Gasteiger partial charge < -0.3 is 15.2 Å². The number of aromatic nitrogens is 3. The number of nitrogens with two attached hydrogens (primary N) is 1. The van der Waals surface area contributed by atoms with Gasteiger partial charge in [0, 0.05) is 22.8 Å². The second-order valence-electron chi connectivity index (χ2n) is 5.42. The Labute approximate surface area is 138 Å². The molecule has 2 aromatic carbocycles. The highest BCUT2D eigenvalue weighted by Gasteiger charge is 2.13. The lowest BCUT2D eigenvalue weighted by atomic mass is 10.1. The first kappa shape index (κ1) is 14.3. The van der Waals surface area contributed by atoms with E-state index in [0.717, 1.165) is 33.3 Å². The van der Waals surface area contributed by atoms with Gasteiger partial charge in [0.25, 0.3) is 0 Å². The minimum Gasteiger partial charge on any atom is -0.493 e. The van der Waals surface area contributed by atoms with E-state index in [9.17, 15) is 0 Å². The van der Waals surface area contributed by atoms with E-state index in [1.54, 1.807) is 26.7 Å². The first-order valence-corrected chi connectivity index (χ1v) is 7.45. The normalized spacial score (nSPS) is 11.1. The predicted octanol–water partition coefficient (Wildman–Crippen LogP) is 3.17. The SMILES string of the molecule is COc1cc2ncc3ncn(-c4ccc(N)cc4)c3c2cc1OC. The zero-order valence-corrected chi connectivity index (χ0v) is 13.4. The third kappa shape index (κ3) is 2.11. The van der Waals surface area contributed by atoms with Gasteiger partial charge in [-0.15, -0.1) is 0 Å². The van der Waals surface area contributed by atoms with Gasteiger partial charge in [-0.2, -0.15) is 0 Å². The minimum atomic E-state index is 0.649. The molecule has 0 saturated carbocycles. The Morgan fingerprint density at radius 2 is 1.62 bits per heavy atom. The maximum atomic E-state index is 5.79. The summed E-state index contributed by atoms with van der Waals surface area (Å²) in [4.78, 5) is 8.95. The van der Waals surface area contributed by atoms with Gasteiger partial charge in [0.1, 0.15) is 11.8 Å². The van der Waals surface area contributed by atoms with Crippen molar-refractivity contribution in [2.75, 3.05) is 20.0 Å². The Morgan fingerprint density at radius 3 is 2.33 bits per heavy atom. The molecular weight excluding hydrogens is 304 g/mol. The topological polar surface area (TPSA) is 75.2 Å². The zero-order chi connectivity index (χ0) is 16.7. The first-order valence-electron chi connectivity index (χ1n) is 7.45. The molecular formula is C18H16N4O2. The van der Waals surface area contributed by atoms with Crippen LogP contribution in [0.15, 0.2) is 48.9 Å². The molecule has 0 radical (unpaired) electrons. The summed E-state index contributed by atoms with van der Waals surface area (Å²) in [5.41, 5.74) is 10.1. The van der Waals surface area contributed by atoms with Crippen LogP contribution in [0.3, 0.4) is 0 Å². The molecule has 0 aliphatic rings. The number of benzene rings is 2. The van der Waals surface area contributed by atoms with Crippen molar-refractivity contribution in [2.45, 2.75) is 0 Å². The summed E-state index contributed by atoms with van der Waals surface area (Å²) in [6, 6.07) is 11.5. The third-order valence-corrected chi connectivity index (χ3v) is 4.05. The minimum absolute atomic E-state index is 0.649. The maximum Gasteiger partial charge on any atom is 0.162 e. The molecule has 4 rings (SSSR count). The Morgan fingerprint density at radius 1 is 0.917 bits per heavy atom. The summed E-state index contributed by atoms with van der Waals surface area (Å²) in [7, 11) is 3.23. The summed E-state index contributed by atoms with van der Waals surface area (Å²) in [5.74, 6) is 1.31. The van der Waals surface area contributed by atoms with Crippen LogP contribution in [0.5, 0.6) is 11.5 Å². The predicted molar refractivity (Wildman–Crippen MR) is 93.9 cm³/mol. The van der Waals surface area contributed by atoms with Gasteiger partial charge in [-0.25, -0.2) is 4.98 Å². The number of hydrogen-bond acceptors (Lipinski definition) is 5. The molecule has 0 aliphatic heterocycles. The van der Waals surface area contributed by atoms with Crippen molar-refractivity contribution in [1.29, 1.82) is 0 Å². The molecule has 2 N–H and O–H groups in total. The van der Waals surface area contributed by atoms with Crippen molar-refractivity contribution < 1.29 is 9.47 Å². The summed E-state index contributed by atoms with van der Waals surface area (Å²) in [5, 5.41) is 0.944. The van der Waals surface area contributed by atoms with E-state index in [4.69, 9.17) is 15.2 Å². The molecule has 4 aromatic rings. The van der Waals surface area contributed by atoms with Gasteiger partial charge >= 0.3 is 0 Å². The number of pyridine rings is 1. The highest BCUT2D eigenvalue weighted by Crippen LogP contribution is 2.35. The van der Waals surface area contributed by atoms with Gasteiger partial charge in [0.15, 0.2) is 11.5 Å². The average molecular weight is 320 g/mol. The molecule has 0 fully saturated rings. The zero-order valence-electron chi connectivity index (χ0n) is 13.4. The number of methoxy groups -OCH3 is 2. The van der Waals surface area contributed by atoms with Crippen LogP contribution >= 0.6 is 0 Å². The van der Waals surface area contributed by atoms with E-state index in [-0.39, 0.29) is 0 Å². The quantitative estimate of drug-likeness (QED) is 0.587. The first-order chi connectivity index (χ1) is 11.7. The van der Waals surface area contributed by atoms with Crippen molar-refractivity contribution in [1.82, 2.24) is 14.5 Å². The molecule has 0 atom stereocenters. The second kappa shape index (κ2) is 5.42. The number of nitrogen functional groups attached to an aromatic ring is 1. The van der Waals surface area contributed by atoms with Crippen LogP contribution < -0.4 is 15.2 Å². The molecule has 2 aromatic heterocycles. The Hall–Kier alpha value is -3.28. The van der Waals surface area contributed by atoms with E-state index in [2.05, 4.69) is 9.97 Å². The van der Waals surface area contributed by atoms with Crippen LogP contribution in [-0.2, 0) is 0 Å². The van der Waals surface area contributed by atoms with Crippen molar-refractivity contribution in [3.63, 3.8) is 0 Å². The van der Waals surface area contributed by atoms with Gasteiger partial charge in [0.2, 0.25) is 0 Å². The lowest BCUT2D eigenvalue weighted by molar-refractivity contribution is 0.356. The molecule has 24 heavy (non-hydrogen) atoms. The number of imidazole rings is 1. The summed E-state index contributed by atoms with van der Waals surface area (Å²) >= 11 is 0. The number of hydrogen-bond donors (Lipinski definition) is 1. The summed E-state index contributed by atoms with van der Waals surface area (Å²) in [6.45, 7) is 0. The van der Waals surface area contributed by atoms with Crippen LogP contribution in [0.4, 0.5) is 5.69 Å². The van der Waals surface area contributed by atoms with E-state index >= 15 is 0 Å². The Balaban J connectivity index is 2.06. The smallest absolute Gasteiger partial charge is 0.162 e. The van der Waals surface area contributed by atoms with Crippen LogP contribution in [0.25, 0.3) is 27.6 Å². The van der Waals surface area contributed by atoms with E-state index in [1.807, 2.05) is 41.0 Å². The average Bonchev–Trinajstić information content (AvgIpc) is 3.05. The van der Waals surface area contributed by atoms with Gasteiger partial charge in [0.05, 0.1) is 31.4 Å². The fraction of sp³-hybridized carbons (Fsp3) is 0.111. The van der Waals surface area contributed by atoms with E-state index in [0.29, 0.717) is 11.5 Å². The molecule has 0 saturated heterocycles. The maximum absolute atomic E-state index is 5.79. The van der Waals surface area contributed by atoms with E-state index < -0.39 is 0 Å². The van der Waals surface area contributed by atoms with Crippen molar-refractivity contribution in [3.8, 4) is 17.2 Å². The second-order valence-corrected chi connectivity index (χ2v) is 5.42. The molecule has 0 amide bonds. The van der Waals surface area contributed by atoms with Crippen molar-refractivity contribution in [2.24, 2.45) is 0 Å². The van der Waals surface area contributed by atoms with E-state index in [1.165, 1.54) is 0 Å². The highest BCUT2D eigenvalue weighted by atomic mass is 16.5. The molecule has 6 nitrogen and oxygen atoms in total. The third-order valence-electron chi connectivity index (χ3n) is 4.05.